The van der Waals surface area contributed by atoms with Crippen LogP contribution in [0.4, 0.5) is 0 Å². The van der Waals surface area contributed by atoms with Crippen LogP contribution in [0.5, 0.6) is 0 Å². The summed E-state index contributed by atoms with van der Waals surface area (Å²) in [5.41, 5.74) is 0.899. The van der Waals surface area contributed by atoms with Crippen molar-refractivity contribution in [3.63, 3.8) is 0 Å². The van der Waals surface area contributed by atoms with E-state index in [9.17, 15) is 4.79 Å². The van der Waals surface area contributed by atoms with Crippen LogP contribution in [0.2, 0.25) is 5.02 Å². The van der Waals surface area contributed by atoms with Crippen LogP contribution in [-0.2, 0) is 0 Å². The normalized spacial score (nSPS) is 13.7. The summed E-state index contributed by atoms with van der Waals surface area (Å²) >= 11 is 5.82. The molecular formula is C15H22ClNO. The Morgan fingerprint density at radius 3 is 2.22 bits per heavy atom. The largest absolute Gasteiger partial charge is 0.296 e. The van der Waals surface area contributed by atoms with Crippen molar-refractivity contribution in [2.75, 3.05) is 13.6 Å². The number of ketones is 1. The summed E-state index contributed by atoms with van der Waals surface area (Å²) in [7, 11) is 1.99. The number of rotatable bonds is 4. The van der Waals surface area contributed by atoms with E-state index in [0.29, 0.717) is 10.6 Å². The lowest BCUT2D eigenvalue weighted by molar-refractivity contribution is 0.0831. The standard InChI is InChI=1S/C15H22ClNO/c1-11(17(5)10-15(2,3)4)14(18)12-6-8-13(16)9-7-12/h6-9,11H,10H2,1-5H3. The number of halogens is 1. The highest BCUT2D eigenvalue weighted by Crippen LogP contribution is 2.18. The SMILES string of the molecule is CC(C(=O)c1ccc(Cl)cc1)N(C)CC(C)(C)C. The van der Waals surface area contributed by atoms with E-state index in [0.717, 1.165) is 6.54 Å². The summed E-state index contributed by atoms with van der Waals surface area (Å²) in [4.78, 5) is 14.4. The van der Waals surface area contributed by atoms with Gasteiger partial charge in [0.2, 0.25) is 0 Å². The Hall–Kier alpha value is -0.860. The van der Waals surface area contributed by atoms with Crippen LogP contribution in [0, 0.1) is 5.41 Å². The number of hydrogen-bond acceptors (Lipinski definition) is 2. The zero-order chi connectivity index (χ0) is 13.9. The number of benzene rings is 1. The third-order valence-corrected chi connectivity index (χ3v) is 3.15. The second-order valence-corrected chi connectivity index (χ2v) is 6.46. The van der Waals surface area contributed by atoms with Crippen LogP contribution in [0.25, 0.3) is 0 Å². The monoisotopic (exact) mass is 267 g/mol. The number of carbonyl (C=O) groups is 1. The van der Waals surface area contributed by atoms with Crippen LogP contribution in [0.15, 0.2) is 24.3 Å². The van der Waals surface area contributed by atoms with Gasteiger partial charge in [-0.3, -0.25) is 9.69 Å². The molecule has 0 radical (unpaired) electrons. The van der Waals surface area contributed by atoms with E-state index in [-0.39, 0.29) is 17.2 Å². The lowest BCUT2D eigenvalue weighted by Gasteiger charge is -2.30. The van der Waals surface area contributed by atoms with Gasteiger partial charge in [-0.1, -0.05) is 32.4 Å². The molecule has 2 nitrogen and oxygen atoms in total. The van der Waals surface area contributed by atoms with Gasteiger partial charge in [-0.15, -0.1) is 0 Å². The minimum Gasteiger partial charge on any atom is -0.296 e. The fourth-order valence-electron chi connectivity index (χ4n) is 1.94. The van der Waals surface area contributed by atoms with E-state index in [4.69, 9.17) is 11.6 Å². The summed E-state index contributed by atoms with van der Waals surface area (Å²) in [5, 5.41) is 0.655. The highest BCUT2D eigenvalue weighted by molar-refractivity contribution is 6.30. The molecule has 0 amide bonds. The number of Topliss-reactive ketones (excluding diaryl/α,β-unsaturated/α-hetero) is 1. The maximum atomic E-state index is 12.3. The third-order valence-electron chi connectivity index (χ3n) is 2.89. The molecule has 0 spiro atoms. The highest BCUT2D eigenvalue weighted by Gasteiger charge is 2.23. The quantitative estimate of drug-likeness (QED) is 0.772. The first-order chi connectivity index (χ1) is 8.20. The molecule has 1 aromatic rings. The highest BCUT2D eigenvalue weighted by atomic mass is 35.5. The lowest BCUT2D eigenvalue weighted by atomic mass is 9.94. The summed E-state index contributed by atoms with van der Waals surface area (Å²) in [6, 6.07) is 6.96. The van der Waals surface area contributed by atoms with E-state index < -0.39 is 0 Å². The summed E-state index contributed by atoms with van der Waals surface area (Å²) in [6.07, 6.45) is 0. The smallest absolute Gasteiger partial charge is 0.179 e. The Morgan fingerprint density at radius 1 is 1.28 bits per heavy atom. The zero-order valence-electron chi connectivity index (χ0n) is 11.8. The van der Waals surface area contributed by atoms with Crippen molar-refractivity contribution in [2.24, 2.45) is 5.41 Å². The molecule has 0 aliphatic heterocycles. The number of hydrogen-bond donors (Lipinski definition) is 0. The second-order valence-electron chi connectivity index (χ2n) is 6.02. The Morgan fingerprint density at radius 2 is 1.78 bits per heavy atom. The molecule has 0 fully saturated rings. The minimum atomic E-state index is -0.120. The lowest BCUT2D eigenvalue weighted by Crippen LogP contribution is -2.40. The van der Waals surface area contributed by atoms with Crippen LogP contribution >= 0.6 is 11.6 Å². The molecule has 0 N–H and O–H groups in total. The number of likely N-dealkylation sites (N-methyl/N-ethyl adjacent to an activating group) is 1. The maximum Gasteiger partial charge on any atom is 0.179 e. The molecule has 18 heavy (non-hydrogen) atoms. The predicted molar refractivity (Wildman–Crippen MR) is 77.3 cm³/mol. The Balaban J connectivity index is 2.75. The maximum absolute atomic E-state index is 12.3. The molecule has 0 heterocycles. The molecule has 1 rings (SSSR count). The van der Waals surface area contributed by atoms with E-state index in [1.54, 1.807) is 24.3 Å². The van der Waals surface area contributed by atoms with Crippen LogP contribution in [0.3, 0.4) is 0 Å². The van der Waals surface area contributed by atoms with Crippen LogP contribution in [-0.4, -0.2) is 30.3 Å². The van der Waals surface area contributed by atoms with Crippen LogP contribution < -0.4 is 0 Å². The molecule has 1 aromatic carbocycles. The van der Waals surface area contributed by atoms with Crippen molar-refractivity contribution >= 4 is 17.4 Å². The van der Waals surface area contributed by atoms with Gasteiger partial charge < -0.3 is 0 Å². The van der Waals surface area contributed by atoms with Crippen molar-refractivity contribution in [2.45, 2.75) is 33.7 Å². The van der Waals surface area contributed by atoms with Crippen molar-refractivity contribution in [1.82, 2.24) is 4.90 Å². The van der Waals surface area contributed by atoms with E-state index in [1.807, 2.05) is 14.0 Å². The fourth-order valence-corrected chi connectivity index (χ4v) is 2.07. The molecule has 0 aromatic heterocycles. The van der Waals surface area contributed by atoms with E-state index >= 15 is 0 Å². The molecule has 3 heteroatoms. The van der Waals surface area contributed by atoms with Gasteiger partial charge in [0.05, 0.1) is 6.04 Å². The van der Waals surface area contributed by atoms with Gasteiger partial charge >= 0.3 is 0 Å². The number of carbonyl (C=O) groups excluding carboxylic acids is 1. The van der Waals surface area contributed by atoms with Gasteiger partial charge in [-0.2, -0.15) is 0 Å². The summed E-state index contributed by atoms with van der Waals surface area (Å²) in [5.74, 6) is 0.137. The second kappa shape index (κ2) is 5.85. The molecule has 1 unspecified atom stereocenters. The molecule has 0 aliphatic carbocycles. The van der Waals surface area contributed by atoms with E-state index in [2.05, 4.69) is 25.7 Å². The van der Waals surface area contributed by atoms with Gasteiger partial charge in [0.15, 0.2) is 5.78 Å². The van der Waals surface area contributed by atoms with Gasteiger partial charge in [0, 0.05) is 17.1 Å². The van der Waals surface area contributed by atoms with Gasteiger partial charge in [0.1, 0.15) is 0 Å². The first-order valence-electron chi connectivity index (χ1n) is 6.21. The molecule has 0 saturated carbocycles. The van der Waals surface area contributed by atoms with Crippen molar-refractivity contribution in [3.8, 4) is 0 Å². The topological polar surface area (TPSA) is 20.3 Å². The van der Waals surface area contributed by atoms with Gasteiger partial charge in [-0.25, -0.2) is 0 Å². The summed E-state index contributed by atoms with van der Waals surface area (Å²) in [6.45, 7) is 9.34. The van der Waals surface area contributed by atoms with Crippen molar-refractivity contribution < 1.29 is 4.79 Å². The minimum absolute atomic E-state index is 0.120. The Labute approximate surface area is 115 Å². The Kier molecular flexibility index (Phi) is 4.94. The first-order valence-corrected chi connectivity index (χ1v) is 6.58. The average Bonchev–Trinajstić information content (AvgIpc) is 2.26. The number of nitrogens with zero attached hydrogens (tertiary/aromatic N) is 1. The Bertz CT molecular complexity index is 405. The third kappa shape index (κ3) is 4.43. The van der Waals surface area contributed by atoms with Crippen LogP contribution in [0.1, 0.15) is 38.1 Å². The van der Waals surface area contributed by atoms with E-state index in [1.165, 1.54) is 0 Å². The fraction of sp³-hybridized carbons (Fsp3) is 0.533. The summed E-state index contributed by atoms with van der Waals surface area (Å²) < 4.78 is 0. The predicted octanol–water partition coefficient (Wildman–Crippen LogP) is 3.89. The zero-order valence-corrected chi connectivity index (χ0v) is 12.6. The molecule has 1 atom stereocenters. The molecular weight excluding hydrogens is 246 g/mol. The first kappa shape index (κ1) is 15.2. The molecule has 0 aliphatic rings. The molecule has 0 bridgehead atoms. The van der Waals surface area contributed by atoms with Gasteiger partial charge in [-0.05, 0) is 43.7 Å². The van der Waals surface area contributed by atoms with Gasteiger partial charge in [0.25, 0.3) is 0 Å². The van der Waals surface area contributed by atoms with Crippen molar-refractivity contribution in [3.05, 3.63) is 34.9 Å². The van der Waals surface area contributed by atoms with Crippen molar-refractivity contribution in [1.29, 1.82) is 0 Å². The molecule has 100 valence electrons. The molecule has 0 saturated heterocycles. The average molecular weight is 268 g/mol.